The predicted octanol–water partition coefficient (Wildman–Crippen LogP) is 4.17. The first kappa shape index (κ1) is 22.2. The Morgan fingerprint density at radius 3 is 2.45 bits per heavy atom. The molecule has 0 aliphatic heterocycles. The Bertz CT molecular complexity index is 791. The van der Waals surface area contributed by atoms with Gasteiger partial charge in [0.15, 0.2) is 5.78 Å². The van der Waals surface area contributed by atoms with Gasteiger partial charge >= 0.3 is 0 Å². The second-order valence-corrected chi connectivity index (χ2v) is 10.4. The van der Waals surface area contributed by atoms with Crippen LogP contribution in [0.4, 0.5) is 0 Å². The third kappa shape index (κ3) is 3.29. The summed E-state index contributed by atoms with van der Waals surface area (Å²) in [4.78, 5) is 24.0. The molecule has 4 nitrogen and oxygen atoms in total. The normalized spacial score (nSPS) is 44.6. The Balaban J connectivity index is 2.01. The molecule has 3 saturated carbocycles. The fourth-order valence-electron chi connectivity index (χ4n) is 7.08. The largest absolute Gasteiger partial charge is 0.396 e. The van der Waals surface area contributed by atoms with E-state index in [1.807, 2.05) is 26.0 Å². The molecule has 3 rings (SSSR count). The van der Waals surface area contributed by atoms with Gasteiger partial charge in [-0.1, -0.05) is 39.0 Å². The van der Waals surface area contributed by atoms with Crippen molar-refractivity contribution in [2.24, 2.45) is 28.1 Å². The Morgan fingerprint density at radius 2 is 1.83 bits per heavy atom. The van der Waals surface area contributed by atoms with Gasteiger partial charge in [0.05, 0.1) is 12.7 Å². The minimum absolute atomic E-state index is 0.0152. The van der Waals surface area contributed by atoms with Crippen molar-refractivity contribution in [1.82, 2.24) is 0 Å². The molecule has 3 aliphatic rings. The molecule has 3 aliphatic carbocycles. The maximum Gasteiger partial charge on any atom is 0.160 e. The van der Waals surface area contributed by atoms with Crippen molar-refractivity contribution < 1.29 is 19.8 Å². The average molecular weight is 401 g/mol. The van der Waals surface area contributed by atoms with Gasteiger partial charge in [-0.25, -0.2) is 0 Å². The lowest BCUT2D eigenvalue weighted by atomic mass is 9.43. The molecule has 6 atom stereocenters. The van der Waals surface area contributed by atoms with E-state index >= 15 is 0 Å². The van der Waals surface area contributed by atoms with Gasteiger partial charge in [-0.15, -0.1) is 0 Å². The van der Waals surface area contributed by atoms with E-state index in [0.29, 0.717) is 18.4 Å². The number of aldehydes is 1. The summed E-state index contributed by atoms with van der Waals surface area (Å²) in [5.74, 6) is 0.669. The molecule has 0 aromatic heterocycles. The molecule has 0 heterocycles. The summed E-state index contributed by atoms with van der Waals surface area (Å²) in [5, 5.41) is 20.8. The number of carbonyl (C=O) groups is 2. The monoisotopic (exact) mass is 400 g/mol. The zero-order chi connectivity index (χ0) is 21.6. The number of aliphatic hydroxyl groups is 2. The molecule has 0 unspecified atom stereocenters. The maximum absolute atomic E-state index is 13.2. The molecular weight excluding hydrogens is 364 g/mol. The first-order valence-electron chi connectivity index (χ1n) is 10.9. The Morgan fingerprint density at radius 1 is 1.14 bits per heavy atom. The van der Waals surface area contributed by atoms with E-state index in [4.69, 9.17) is 0 Å². The smallest absolute Gasteiger partial charge is 0.160 e. The van der Waals surface area contributed by atoms with Gasteiger partial charge in [0.1, 0.15) is 6.29 Å². The third-order valence-corrected chi connectivity index (χ3v) is 8.69. The summed E-state index contributed by atoms with van der Waals surface area (Å²) < 4.78 is 0. The van der Waals surface area contributed by atoms with E-state index < -0.39 is 11.5 Å². The lowest BCUT2D eigenvalue weighted by Crippen LogP contribution is -2.59. The van der Waals surface area contributed by atoms with Crippen LogP contribution in [0.3, 0.4) is 0 Å². The summed E-state index contributed by atoms with van der Waals surface area (Å²) in [6.07, 6.45) is 9.83. The molecule has 2 N–H and O–H groups in total. The number of hydrogen-bond acceptors (Lipinski definition) is 4. The molecule has 0 saturated heterocycles. The first-order valence-corrected chi connectivity index (χ1v) is 10.9. The number of rotatable bonds is 4. The molecule has 0 radical (unpaired) electrons. The molecule has 0 bridgehead atoms. The first-order chi connectivity index (χ1) is 13.5. The predicted molar refractivity (Wildman–Crippen MR) is 114 cm³/mol. The topological polar surface area (TPSA) is 74.6 Å². The number of ketones is 1. The fraction of sp³-hybridized carbons (Fsp3) is 0.680. The summed E-state index contributed by atoms with van der Waals surface area (Å²) in [6.45, 7) is 10.3. The number of Topliss-reactive ketones (excluding diaryl/α,β-unsaturated/α-hetero) is 1. The van der Waals surface area contributed by atoms with Crippen LogP contribution in [-0.4, -0.2) is 35.0 Å². The van der Waals surface area contributed by atoms with E-state index in [1.165, 1.54) is 0 Å². The van der Waals surface area contributed by atoms with Crippen LogP contribution in [0.15, 0.2) is 34.9 Å². The van der Waals surface area contributed by atoms with Gasteiger partial charge in [0.25, 0.3) is 0 Å². The number of aliphatic hydroxyl groups excluding tert-OH is 2. The van der Waals surface area contributed by atoms with Crippen molar-refractivity contribution in [3.8, 4) is 0 Å². The highest BCUT2D eigenvalue weighted by atomic mass is 16.3. The molecule has 0 aromatic rings. The molecule has 29 heavy (non-hydrogen) atoms. The average Bonchev–Trinajstić information content (AvgIpc) is 2.96. The van der Waals surface area contributed by atoms with Gasteiger partial charge in [-0.2, -0.15) is 0 Å². The van der Waals surface area contributed by atoms with E-state index in [9.17, 15) is 19.8 Å². The molecule has 3 fully saturated rings. The van der Waals surface area contributed by atoms with Crippen LogP contribution in [0.25, 0.3) is 0 Å². The summed E-state index contributed by atoms with van der Waals surface area (Å²) >= 11 is 0. The second kappa shape index (κ2) is 7.63. The van der Waals surface area contributed by atoms with Crippen LogP contribution < -0.4 is 0 Å². The van der Waals surface area contributed by atoms with Crippen molar-refractivity contribution >= 4 is 12.1 Å². The van der Waals surface area contributed by atoms with Crippen LogP contribution in [-0.2, 0) is 9.59 Å². The zero-order valence-electron chi connectivity index (χ0n) is 18.5. The Kier molecular flexibility index (Phi) is 5.83. The SMILES string of the molecule is C/C(C=O)=C/C=C/C(C)=C1/C(=O)C[C@H]2[C@@]3(C)CC[C@@H](O)[C@](C)(CO)[C@@H]3CC[C@]12C. The molecule has 0 amide bonds. The van der Waals surface area contributed by atoms with Crippen LogP contribution in [0.2, 0.25) is 0 Å². The van der Waals surface area contributed by atoms with Crippen LogP contribution in [0.5, 0.6) is 0 Å². The molecule has 160 valence electrons. The molecular formula is C25H36O4. The molecule has 0 aromatic carbocycles. The quantitative estimate of drug-likeness (QED) is 0.422. The Hall–Kier alpha value is -1.52. The molecule has 4 heteroatoms. The maximum atomic E-state index is 13.2. The van der Waals surface area contributed by atoms with Crippen molar-refractivity contribution in [2.75, 3.05) is 6.61 Å². The van der Waals surface area contributed by atoms with E-state index in [2.05, 4.69) is 13.8 Å². The van der Waals surface area contributed by atoms with Crippen LogP contribution >= 0.6 is 0 Å². The highest BCUT2D eigenvalue weighted by Gasteiger charge is 2.65. The standard InChI is InChI=1S/C25H36O4/c1-16(14-26)7-6-8-17(2)22-18(28)13-20-23(3)12-10-21(29)25(5,15-27)19(23)9-11-24(20,22)4/h6-8,14,19-21,27,29H,9-13,15H2,1-5H3/b8-6+,16-7-,22-17-/t19-,20+,21-,23+,24+,25-/m1/s1. The van der Waals surface area contributed by atoms with Gasteiger partial charge in [0, 0.05) is 22.8 Å². The van der Waals surface area contributed by atoms with E-state index in [0.717, 1.165) is 36.7 Å². The van der Waals surface area contributed by atoms with Gasteiger partial charge in [0.2, 0.25) is 0 Å². The van der Waals surface area contributed by atoms with Crippen molar-refractivity contribution in [3.05, 3.63) is 34.9 Å². The minimum Gasteiger partial charge on any atom is -0.396 e. The van der Waals surface area contributed by atoms with Gasteiger partial charge in [-0.3, -0.25) is 9.59 Å². The van der Waals surface area contributed by atoms with Gasteiger partial charge < -0.3 is 10.2 Å². The zero-order valence-corrected chi connectivity index (χ0v) is 18.5. The van der Waals surface area contributed by atoms with Crippen molar-refractivity contribution in [3.63, 3.8) is 0 Å². The summed E-state index contributed by atoms with van der Waals surface area (Å²) in [7, 11) is 0. The number of carbonyl (C=O) groups excluding carboxylic acids is 2. The third-order valence-electron chi connectivity index (χ3n) is 8.69. The summed E-state index contributed by atoms with van der Waals surface area (Å²) in [5.41, 5.74) is 1.82. The second-order valence-electron chi connectivity index (χ2n) is 10.4. The summed E-state index contributed by atoms with van der Waals surface area (Å²) in [6, 6.07) is 0. The lowest BCUT2D eigenvalue weighted by Gasteiger charge is -2.62. The number of hydrogen-bond donors (Lipinski definition) is 2. The number of fused-ring (bicyclic) bond motifs is 3. The molecule has 0 spiro atoms. The van der Waals surface area contributed by atoms with Crippen LogP contribution in [0, 0.1) is 28.1 Å². The Labute approximate surface area is 174 Å². The lowest BCUT2D eigenvalue weighted by molar-refractivity contribution is -0.178. The minimum atomic E-state index is -0.504. The van der Waals surface area contributed by atoms with Crippen molar-refractivity contribution in [1.29, 1.82) is 0 Å². The fourth-order valence-corrected chi connectivity index (χ4v) is 7.08. The van der Waals surface area contributed by atoms with E-state index in [1.54, 1.807) is 13.0 Å². The van der Waals surface area contributed by atoms with Crippen molar-refractivity contribution in [2.45, 2.75) is 72.8 Å². The number of allylic oxidation sites excluding steroid dienone is 6. The highest BCUT2D eigenvalue weighted by Crippen LogP contribution is 2.69. The van der Waals surface area contributed by atoms with E-state index in [-0.39, 0.29) is 35.1 Å². The van der Waals surface area contributed by atoms with Gasteiger partial charge in [-0.05, 0) is 67.9 Å². The highest BCUT2D eigenvalue weighted by molar-refractivity contribution is 6.00. The van der Waals surface area contributed by atoms with Crippen LogP contribution in [0.1, 0.15) is 66.7 Å².